The van der Waals surface area contributed by atoms with Crippen LogP contribution in [0.3, 0.4) is 0 Å². The molecule has 0 saturated carbocycles. The molecule has 1 heterocycles. The van der Waals surface area contributed by atoms with Crippen molar-refractivity contribution in [3.05, 3.63) is 35.9 Å². The predicted molar refractivity (Wildman–Crippen MR) is 71.4 cm³/mol. The maximum absolute atomic E-state index is 12.2. The minimum Gasteiger partial charge on any atom is -0.439 e. The van der Waals surface area contributed by atoms with Crippen LogP contribution in [0.15, 0.2) is 30.3 Å². The first-order chi connectivity index (χ1) is 9.56. The van der Waals surface area contributed by atoms with E-state index in [9.17, 15) is 9.59 Å². The van der Waals surface area contributed by atoms with Crippen LogP contribution in [0.5, 0.6) is 0 Å². The largest absolute Gasteiger partial charge is 0.439 e. The van der Waals surface area contributed by atoms with Gasteiger partial charge in [0.15, 0.2) is 0 Å². The monoisotopic (exact) mass is 272 g/mol. The van der Waals surface area contributed by atoms with Gasteiger partial charge in [-0.1, -0.05) is 37.3 Å². The second-order valence-corrected chi connectivity index (χ2v) is 4.93. The number of ether oxygens (including phenoxy) is 1. The summed E-state index contributed by atoms with van der Waals surface area (Å²) in [5.41, 5.74) is 0.858. The van der Waals surface area contributed by atoms with Gasteiger partial charge in [0.25, 0.3) is 0 Å². The molecule has 5 nitrogen and oxygen atoms in total. The van der Waals surface area contributed by atoms with E-state index in [2.05, 4.69) is 0 Å². The zero-order valence-corrected chi connectivity index (χ0v) is 11.4. The highest BCUT2D eigenvalue weighted by molar-refractivity contribution is 5.95. The molecule has 1 saturated heterocycles. The van der Waals surface area contributed by atoms with Gasteiger partial charge in [-0.2, -0.15) is 5.26 Å². The van der Waals surface area contributed by atoms with Gasteiger partial charge in [-0.25, -0.2) is 9.69 Å². The lowest BCUT2D eigenvalue weighted by molar-refractivity contribution is -0.132. The summed E-state index contributed by atoms with van der Waals surface area (Å²) in [6.07, 6.45) is -1.01. The number of rotatable bonds is 3. The molecule has 0 unspecified atom stereocenters. The molecule has 0 spiro atoms. The second kappa shape index (κ2) is 5.74. The Morgan fingerprint density at radius 2 is 2.10 bits per heavy atom. The number of carbonyl (C=O) groups is 2. The van der Waals surface area contributed by atoms with Gasteiger partial charge in [-0.05, 0) is 12.5 Å². The summed E-state index contributed by atoms with van der Waals surface area (Å²) in [4.78, 5) is 25.3. The molecule has 2 amide bonds. The maximum atomic E-state index is 12.2. The van der Waals surface area contributed by atoms with Gasteiger partial charge in [0.2, 0.25) is 5.91 Å². The van der Waals surface area contributed by atoms with Crippen LogP contribution in [-0.2, 0) is 9.53 Å². The van der Waals surface area contributed by atoms with E-state index in [1.54, 1.807) is 13.8 Å². The molecule has 0 radical (unpaired) electrons. The number of nitrogens with zero attached hydrogens (tertiary/aromatic N) is 2. The second-order valence-electron chi connectivity index (χ2n) is 4.93. The fourth-order valence-corrected chi connectivity index (χ4v) is 2.31. The summed E-state index contributed by atoms with van der Waals surface area (Å²) in [5, 5.41) is 8.65. The number of imide groups is 1. The van der Waals surface area contributed by atoms with Gasteiger partial charge in [0.1, 0.15) is 6.10 Å². The molecule has 1 aromatic carbocycles. The van der Waals surface area contributed by atoms with Crippen LogP contribution < -0.4 is 0 Å². The van der Waals surface area contributed by atoms with E-state index in [4.69, 9.17) is 10.00 Å². The van der Waals surface area contributed by atoms with Gasteiger partial charge in [-0.15, -0.1) is 0 Å². The van der Waals surface area contributed by atoms with Crippen LogP contribution in [0.2, 0.25) is 0 Å². The Balaban J connectivity index is 2.19. The number of nitriles is 1. The van der Waals surface area contributed by atoms with Gasteiger partial charge >= 0.3 is 6.09 Å². The third kappa shape index (κ3) is 2.50. The number of hydrogen-bond acceptors (Lipinski definition) is 4. The van der Waals surface area contributed by atoms with Gasteiger partial charge in [0, 0.05) is 12.3 Å². The zero-order chi connectivity index (χ0) is 14.7. The highest BCUT2D eigenvalue weighted by atomic mass is 16.6. The summed E-state index contributed by atoms with van der Waals surface area (Å²) >= 11 is 0. The highest BCUT2D eigenvalue weighted by Gasteiger charge is 2.44. The Hall–Kier alpha value is -2.35. The molecule has 104 valence electrons. The molecule has 1 aliphatic rings. The van der Waals surface area contributed by atoms with Crippen LogP contribution in [0.25, 0.3) is 0 Å². The first kappa shape index (κ1) is 14.1. The van der Waals surface area contributed by atoms with E-state index in [1.165, 1.54) is 0 Å². The number of cyclic esters (lactones) is 1. The van der Waals surface area contributed by atoms with Crippen molar-refractivity contribution >= 4 is 12.0 Å². The van der Waals surface area contributed by atoms with Crippen LogP contribution >= 0.6 is 0 Å². The standard InChI is InChI=1S/C15H16N2O3/c1-10(8-9-16)14(18)17-11(2)13(20-15(17)19)12-6-4-3-5-7-12/h3-7,10-11,13H,8H2,1-2H3/t10-,11+,13+/m1/s1. The molecule has 2 rings (SSSR count). The molecule has 0 N–H and O–H groups in total. The summed E-state index contributed by atoms with van der Waals surface area (Å²) in [6, 6.07) is 10.9. The molecule has 5 heteroatoms. The van der Waals surface area contributed by atoms with E-state index in [-0.39, 0.29) is 18.4 Å². The van der Waals surface area contributed by atoms with E-state index in [1.807, 2.05) is 36.4 Å². The Labute approximate surface area is 117 Å². The van der Waals surface area contributed by atoms with Crippen molar-refractivity contribution in [1.82, 2.24) is 4.90 Å². The van der Waals surface area contributed by atoms with E-state index in [0.717, 1.165) is 10.5 Å². The minimum absolute atomic E-state index is 0.0886. The first-order valence-corrected chi connectivity index (χ1v) is 6.51. The van der Waals surface area contributed by atoms with Crippen molar-refractivity contribution in [1.29, 1.82) is 5.26 Å². The van der Waals surface area contributed by atoms with Gasteiger partial charge in [0.05, 0.1) is 12.1 Å². The number of hydrogen-bond donors (Lipinski definition) is 0. The average molecular weight is 272 g/mol. The molecular formula is C15H16N2O3. The van der Waals surface area contributed by atoms with Crippen LogP contribution in [0, 0.1) is 17.2 Å². The summed E-state index contributed by atoms with van der Waals surface area (Å²) < 4.78 is 5.30. The van der Waals surface area contributed by atoms with Crippen LogP contribution in [-0.4, -0.2) is 22.9 Å². The normalized spacial score (nSPS) is 23.1. The van der Waals surface area contributed by atoms with Crippen molar-refractivity contribution in [2.75, 3.05) is 0 Å². The van der Waals surface area contributed by atoms with Crippen LogP contribution in [0.4, 0.5) is 4.79 Å². The molecule has 3 atom stereocenters. The predicted octanol–water partition coefficient (Wildman–Crippen LogP) is 2.64. The van der Waals surface area contributed by atoms with E-state index in [0.29, 0.717) is 0 Å². The maximum Gasteiger partial charge on any atom is 0.417 e. The number of amides is 2. The molecule has 0 aromatic heterocycles. The molecule has 0 bridgehead atoms. The molecular weight excluding hydrogens is 256 g/mol. The Morgan fingerprint density at radius 1 is 1.45 bits per heavy atom. The summed E-state index contributed by atoms with van der Waals surface area (Å²) in [6.45, 7) is 3.42. The lowest BCUT2D eigenvalue weighted by Gasteiger charge is -2.21. The molecule has 1 aromatic rings. The quantitative estimate of drug-likeness (QED) is 0.848. The van der Waals surface area contributed by atoms with E-state index < -0.39 is 18.1 Å². The van der Waals surface area contributed by atoms with Gasteiger partial charge < -0.3 is 4.74 Å². The molecule has 1 aliphatic heterocycles. The van der Waals surface area contributed by atoms with Gasteiger partial charge in [-0.3, -0.25) is 4.79 Å². The summed E-state index contributed by atoms with van der Waals surface area (Å²) in [5.74, 6) is -0.869. The third-order valence-corrected chi connectivity index (χ3v) is 3.45. The fourth-order valence-electron chi connectivity index (χ4n) is 2.31. The van der Waals surface area contributed by atoms with Crippen molar-refractivity contribution in [2.45, 2.75) is 32.4 Å². The van der Waals surface area contributed by atoms with Crippen molar-refractivity contribution in [3.8, 4) is 6.07 Å². The molecule has 20 heavy (non-hydrogen) atoms. The fraction of sp³-hybridized carbons (Fsp3) is 0.400. The smallest absolute Gasteiger partial charge is 0.417 e. The highest BCUT2D eigenvalue weighted by Crippen LogP contribution is 2.33. The Kier molecular flexibility index (Phi) is 4.04. The third-order valence-electron chi connectivity index (χ3n) is 3.45. The van der Waals surface area contributed by atoms with Crippen molar-refractivity contribution in [3.63, 3.8) is 0 Å². The van der Waals surface area contributed by atoms with Crippen molar-refractivity contribution < 1.29 is 14.3 Å². The molecule has 1 fully saturated rings. The topological polar surface area (TPSA) is 70.4 Å². The molecule has 0 aliphatic carbocycles. The van der Waals surface area contributed by atoms with Crippen LogP contribution in [0.1, 0.15) is 31.9 Å². The summed E-state index contributed by atoms with van der Waals surface area (Å²) in [7, 11) is 0. The van der Waals surface area contributed by atoms with Crippen molar-refractivity contribution in [2.24, 2.45) is 5.92 Å². The number of benzene rings is 1. The average Bonchev–Trinajstić information content (AvgIpc) is 2.74. The Morgan fingerprint density at radius 3 is 2.70 bits per heavy atom. The SMILES string of the molecule is C[C@H](CC#N)C(=O)N1C(=O)O[C@H](c2ccccc2)[C@@H]1C. The lowest BCUT2D eigenvalue weighted by Crippen LogP contribution is -2.40. The minimum atomic E-state index is -0.638. The number of carbonyl (C=O) groups excluding carboxylic acids is 2. The zero-order valence-electron chi connectivity index (χ0n) is 11.4. The first-order valence-electron chi connectivity index (χ1n) is 6.51. The van der Waals surface area contributed by atoms with E-state index >= 15 is 0 Å². The lowest BCUT2D eigenvalue weighted by atomic mass is 10.0. The Bertz CT molecular complexity index is 550.